The highest BCUT2D eigenvalue weighted by Gasteiger charge is 2.27. The molecule has 0 atom stereocenters. The van der Waals surface area contributed by atoms with E-state index in [9.17, 15) is 14.7 Å². The summed E-state index contributed by atoms with van der Waals surface area (Å²) in [5.41, 5.74) is -0.727. The van der Waals surface area contributed by atoms with Gasteiger partial charge in [-0.1, -0.05) is 20.8 Å². The van der Waals surface area contributed by atoms with Crippen LogP contribution in [-0.4, -0.2) is 36.9 Å². The maximum absolute atomic E-state index is 11.0. The number of esters is 2. The quantitative estimate of drug-likeness (QED) is 0.660. The van der Waals surface area contributed by atoms with Crippen molar-refractivity contribution in [2.45, 2.75) is 33.6 Å². The Labute approximate surface area is 95.7 Å². The van der Waals surface area contributed by atoms with Crippen molar-refractivity contribution in [1.82, 2.24) is 0 Å². The second-order valence-corrected chi connectivity index (χ2v) is 4.00. The first-order valence-corrected chi connectivity index (χ1v) is 5.39. The lowest BCUT2D eigenvalue weighted by molar-refractivity contribution is -0.154. The van der Waals surface area contributed by atoms with Crippen LogP contribution >= 0.6 is 0 Å². The summed E-state index contributed by atoms with van der Waals surface area (Å²) in [6.45, 7) is 4.96. The smallest absolute Gasteiger partial charge is 0.305 e. The zero-order chi connectivity index (χ0) is 12.6. The topological polar surface area (TPSA) is 72.8 Å². The van der Waals surface area contributed by atoms with Crippen molar-refractivity contribution in [2.24, 2.45) is 5.41 Å². The maximum Gasteiger partial charge on any atom is 0.305 e. The molecule has 0 aliphatic carbocycles. The van der Waals surface area contributed by atoms with Gasteiger partial charge in [0.25, 0.3) is 0 Å². The van der Waals surface area contributed by atoms with E-state index in [2.05, 4.69) is 0 Å². The third-order valence-electron chi connectivity index (χ3n) is 2.12. The molecule has 0 spiro atoms. The van der Waals surface area contributed by atoms with Crippen molar-refractivity contribution in [3.8, 4) is 0 Å². The summed E-state index contributed by atoms with van der Waals surface area (Å²) in [6, 6.07) is 0. The number of ether oxygens (including phenoxy) is 2. The molecule has 0 bridgehead atoms. The van der Waals surface area contributed by atoms with Gasteiger partial charge in [0.15, 0.2) is 0 Å². The van der Waals surface area contributed by atoms with Crippen molar-refractivity contribution < 1.29 is 24.2 Å². The molecular weight excluding hydrogens is 212 g/mol. The van der Waals surface area contributed by atoms with E-state index >= 15 is 0 Å². The van der Waals surface area contributed by atoms with Crippen LogP contribution in [0.1, 0.15) is 33.6 Å². The van der Waals surface area contributed by atoms with Gasteiger partial charge in [-0.05, 0) is 0 Å². The second kappa shape index (κ2) is 7.22. The molecule has 0 aliphatic rings. The van der Waals surface area contributed by atoms with Crippen LogP contribution in [0.15, 0.2) is 0 Å². The van der Waals surface area contributed by atoms with Crippen LogP contribution < -0.4 is 0 Å². The molecule has 0 heterocycles. The Hall–Kier alpha value is -1.10. The zero-order valence-corrected chi connectivity index (χ0v) is 10.1. The van der Waals surface area contributed by atoms with Crippen LogP contribution in [0.25, 0.3) is 0 Å². The third kappa shape index (κ3) is 5.70. The molecule has 0 aromatic carbocycles. The molecule has 1 N–H and O–H groups in total. The average Bonchev–Trinajstić information content (AvgIpc) is 2.32. The first-order valence-electron chi connectivity index (χ1n) is 5.39. The van der Waals surface area contributed by atoms with E-state index in [1.165, 1.54) is 0 Å². The maximum atomic E-state index is 11.0. The lowest BCUT2D eigenvalue weighted by Gasteiger charge is -2.25. The molecule has 0 saturated carbocycles. The standard InChI is InChI=1S/C11H20O5/c1-4-9(13)15-7-11(3,6-12)8-16-10(14)5-2/h12H,4-8H2,1-3H3. The summed E-state index contributed by atoms with van der Waals surface area (Å²) < 4.78 is 9.85. The lowest BCUT2D eigenvalue weighted by atomic mass is 9.94. The van der Waals surface area contributed by atoms with Gasteiger partial charge in [0.1, 0.15) is 13.2 Å². The number of hydrogen-bond donors (Lipinski definition) is 1. The summed E-state index contributed by atoms with van der Waals surface area (Å²) in [5, 5.41) is 9.17. The Balaban J connectivity index is 4.09. The molecule has 0 radical (unpaired) electrons. The van der Waals surface area contributed by atoms with E-state index in [0.29, 0.717) is 0 Å². The van der Waals surface area contributed by atoms with Crippen LogP contribution in [0.3, 0.4) is 0 Å². The monoisotopic (exact) mass is 232 g/mol. The van der Waals surface area contributed by atoms with Crippen molar-refractivity contribution in [3.05, 3.63) is 0 Å². The molecule has 5 nitrogen and oxygen atoms in total. The van der Waals surface area contributed by atoms with Gasteiger partial charge in [-0.25, -0.2) is 0 Å². The molecule has 0 amide bonds. The largest absolute Gasteiger partial charge is 0.465 e. The summed E-state index contributed by atoms with van der Waals surface area (Å²) in [7, 11) is 0. The number of carbonyl (C=O) groups is 2. The van der Waals surface area contributed by atoms with E-state index in [-0.39, 0.29) is 44.6 Å². The van der Waals surface area contributed by atoms with Gasteiger partial charge in [0.05, 0.1) is 12.0 Å². The Morgan fingerprint density at radius 3 is 1.69 bits per heavy atom. The first kappa shape index (κ1) is 14.9. The molecule has 0 aliphatic heterocycles. The zero-order valence-electron chi connectivity index (χ0n) is 10.1. The van der Waals surface area contributed by atoms with E-state index in [0.717, 1.165) is 0 Å². The van der Waals surface area contributed by atoms with Crippen LogP contribution in [0, 0.1) is 5.41 Å². The average molecular weight is 232 g/mol. The summed E-state index contributed by atoms with van der Waals surface area (Å²) in [4.78, 5) is 21.9. The number of aliphatic hydroxyl groups is 1. The van der Waals surface area contributed by atoms with E-state index < -0.39 is 5.41 Å². The number of carbonyl (C=O) groups excluding carboxylic acids is 2. The predicted octanol–water partition coefficient (Wildman–Crippen LogP) is 0.891. The van der Waals surface area contributed by atoms with Gasteiger partial charge in [-0.15, -0.1) is 0 Å². The minimum atomic E-state index is -0.727. The second-order valence-electron chi connectivity index (χ2n) is 4.00. The fourth-order valence-electron chi connectivity index (χ4n) is 0.847. The molecule has 0 aromatic rings. The minimum Gasteiger partial charge on any atom is -0.465 e. The van der Waals surface area contributed by atoms with Crippen molar-refractivity contribution in [2.75, 3.05) is 19.8 Å². The van der Waals surface area contributed by atoms with Crippen molar-refractivity contribution in [3.63, 3.8) is 0 Å². The fourth-order valence-corrected chi connectivity index (χ4v) is 0.847. The number of aliphatic hydroxyl groups excluding tert-OH is 1. The lowest BCUT2D eigenvalue weighted by Crippen LogP contribution is -2.34. The first-order chi connectivity index (χ1) is 7.47. The Kier molecular flexibility index (Phi) is 6.72. The molecule has 0 fully saturated rings. The SMILES string of the molecule is CCC(=O)OCC(C)(CO)COC(=O)CC. The van der Waals surface area contributed by atoms with E-state index in [1.54, 1.807) is 20.8 Å². The van der Waals surface area contributed by atoms with Crippen molar-refractivity contribution >= 4 is 11.9 Å². The highest BCUT2D eigenvalue weighted by atomic mass is 16.5. The Bertz CT molecular complexity index is 217. The number of rotatable bonds is 7. The highest BCUT2D eigenvalue weighted by molar-refractivity contribution is 5.69. The van der Waals surface area contributed by atoms with Gasteiger partial charge < -0.3 is 14.6 Å². The molecule has 16 heavy (non-hydrogen) atoms. The van der Waals surface area contributed by atoms with E-state index in [1.807, 2.05) is 0 Å². The predicted molar refractivity (Wildman–Crippen MR) is 57.7 cm³/mol. The summed E-state index contributed by atoms with van der Waals surface area (Å²) in [6.07, 6.45) is 0.576. The molecule has 0 unspecified atom stereocenters. The normalized spacial score (nSPS) is 11.0. The van der Waals surface area contributed by atoms with Crippen LogP contribution in [0.2, 0.25) is 0 Å². The van der Waals surface area contributed by atoms with Gasteiger partial charge in [-0.2, -0.15) is 0 Å². The van der Waals surface area contributed by atoms with Crippen LogP contribution in [0.4, 0.5) is 0 Å². The molecular formula is C11H20O5. The van der Waals surface area contributed by atoms with Gasteiger partial charge in [-0.3, -0.25) is 9.59 Å². The summed E-state index contributed by atoms with van der Waals surface area (Å²) >= 11 is 0. The minimum absolute atomic E-state index is 0.0488. The number of hydrogen-bond acceptors (Lipinski definition) is 5. The molecule has 0 rings (SSSR count). The third-order valence-corrected chi connectivity index (χ3v) is 2.12. The van der Waals surface area contributed by atoms with Crippen LogP contribution in [-0.2, 0) is 19.1 Å². The fraction of sp³-hybridized carbons (Fsp3) is 0.818. The van der Waals surface area contributed by atoms with Gasteiger partial charge in [0.2, 0.25) is 0 Å². The summed E-state index contributed by atoms with van der Waals surface area (Å²) in [5.74, 6) is -0.664. The molecule has 0 saturated heterocycles. The molecule has 94 valence electrons. The Morgan fingerprint density at radius 2 is 1.44 bits per heavy atom. The highest BCUT2D eigenvalue weighted by Crippen LogP contribution is 2.17. The van der Waals surface area contributed by atoms with Gasteiger partial charge >= 0.3 is 11.9 Å². The molecule has 5 heteroatoms. The molecule has 0 aromatic heterocycles. The van der Waals surface area contributed by atoms with Crippen LogP contribution in [0.5, 0.6) is 0 Å². The van der Waals surface area contributed by atoms with Crippen molar-refractivity contribution in [1.29, 1.82) is 0 Å². The van der Waals surface area contributed by atoms with Gasteiger partial charge in [0, 0.05) is 12.8 Å². The Morgan fingerprint density at radius 1 is 1.06 bits per heavy atom. The van der Waals surface area contributed by atoms with E-state index in [4.69, 9.17) is 9.47 Å².